The third-order valence-electron chi connectivity index (χ3n) is 3.53. The highest BCUT2D eigenvalue weighted by Gasteiger charge is 2.01. The van der Waals surface area contributed by atoms with Crippen molar-refractivity contribution in [1.29, 1.82) is 0 Å². The van der Waals surface area contributed by atoms with Gasteiger partial charge >= 0.3 is 0 Å². The molecule has 0 spiro atoms. The summed E-state index contributed by atoms with van der Waals surface area (Å²) in [5.41, 5.74) is 3.57. The monoisotopic (exact) mass is 318 g/mol. The predicted octanol–water partition coefficient (Wildman–Crippen LogP) is 4.81. The summed E-state index contributed by atoms with van der Waals surface area (Å²) in [7, 11) is 0. The first kappa shape index (κ1) is 14.5. The summed E-state index contributed by atoms with van der Waals surface area (Å²) in [4.78, 5) is 3.23. The largest absolute Gasteiger partial charge is 0.361 e. The summed E-state index contributed by atoms with van der Waals surface area (Å²) in [5, 5.41) is 6.10. The fourth-order valence-electron chi connectivity index (χ4n) is 2.39. The van der Waals surface area contributed by atoms with Gasteiger partial charge in [0.1, 0.15) is 0 Å². The van der Waals surface area contributed by atoms with Crippen LogP contribution >= 0.6 is 23.2 Å². The molecule has 2 nitrogen and oxygen atoms in total. The molecule has 0 saturated heterocycles. The Balaban J connectivity index is 1.53. The summed E-state index contributed by atoms with van der Waals surface area (Å²) in [6.07, 6.45) is 2.85. The van der Waals surface area contributed by atoms with Crippen LogP contribution in [0.5, 0.6) is 0 Å². The molecule has 1 heterocycles. The maximum Gasteiger partial charge on any atom is 0.0457 e. The third-order valence-corrected chi connectivity index (χ3v) is 4.12. The van der Waals surface area contributed by atoms with Crippen LogP contribution < -0.4 is 5.32 Å². The van der Waals surface area contributed by atoms with E-state index in [1.807, 2.05) is 18.3 Å². The van der Waals surface area contributed by atoms with Gasteiger partial charge in [0.2, 0.25) is 0 Å². The summed E-state index contributed by atoms with van der Waals surface area (Å²) in [5.74, 6) is 0. The van der Waals surface area contributed by atoms with Gasteiger partial charge in [-0.05, 0) is 53.7 Å². The number of H-pyrrole nitrogens is 1. The molecule has 21 heavy (non-hydrogen) atoms. The maximum atomic E-state index is 6.16. The van der Waals surface area contributed by atoms with Gasteiger partial charge in [-0.2, -0.15) is 0 Å². The molecule has 0 fully saturated rings. The summed E-state index contributed by atoms with van der Waals surface area (Å²) in [6, 6.07) is 14.2. The van der Waals surface area contributed by atoms with Crippen LogP contribution in [0.4, 0.5) is 0 Å². The van der Waals surface area contributed by atoms with Crippen molar-refractivity contribution in [2.24, 2.45) is 0 Å². The van der Waals surface area contributed by atoms with Crippen LogP contribution in [-0.2, 0) is 13.0 Å². The van der Waals surface area contributed by atoms with Gasteiger partial charge in [-0.1, -0.05) is 41.4 Å². The van der Waals surface area contributed by atoms with E-state index in [1.165, 1.54) is 16.5 Å². The normalized spacial score (nSPS) is 11.1. The first-order chi connectivity index (χ1) is 10.2. The van der Waals surface area contributed by atoms with Crippen LogP contribution in [0.25, 0.3) is 10.9 Å². The van der Waals surface area contributed by atoms with Gasteiger partial charge in [-0.3, -0.25) is 0 Å². The number of fused-ring (bicyclic) bond motifs is 1. The van der Waals surface area contributed by atoms with E-state index in [1.54, 1.807) is 6.07 Å². The molecule has 2 aromatic carbocycles. The van der Waals surface area contributed by atoms with E-state index in [9.17, 15) is 0 Å². The smallest absolute Gasteiger partial charge is 0.0457 e. The highest BCUT2D eigenvalue weighted by Crippen LogP contribution is 2.21. The standard InChI is InChI=1S/C17H16Cl2N2/c18-15-4-3-13(16(19)10-15)5-7-20-11-12-1-2-14-6-8-21-17(14)9-12/h1-4,6,8-10,20-21H,5,7,11H2. The second-order valence-corrected chi connectivity index (χ2v) is 5.91. The van der Waals surface area contributed by atoms with Gasteiger partial charge in [-0.15, -0.1) is 0 Å². The number of hydrogen-bond acceptors (Lipinski definition) is 1. The Morgan fingerprint density at radius 2 is 1.90 bits per heavy atom. The van der Waals surface area contributed by atoms with E-state index in [2.05, 4.69) is 34.6 Å². The molecule has 0 aliphatic carbocycles. The lowest BCUT2D eigenvalue weighted by molar-refractivity contribution is 0.687. The van der Waals surface area contributed by atoms with Crippen molar-refractivity contribution in [3.8, 4) is 0 Å². The van der Waals surface area contributed by atoms with Crippen molar-refractivity contribution < 1.29 is 0 Å². The molecule has 1 aromatic heterocycles. The SMILES string of the molecule is Clc1ccc(CCNCc2ccc3cc[nH]c3c2)c(Cl)c1. The molecule has 2 N–H and O–H groups in total. The molecule has 3 rings (SSSR count). The minimum Gasteiger partial charge on any atom is -0.361 e. The number of hydrogen-bond donors (Lipinski definition) is 2. The molecular weight excluding hydrogens is 303 g/mol. The Hall–Kier alpha value is -1.48. The number of nitrogens with one attached hydrogen (secondary N) is 2. The Morgan fingerprint density at radius 3 is 2.76 bits per heavy atom. The number of halogens is 2. The predicted molar refractivity (Wildman–Crippen MR) is 90.2 cm³/mol. The van der Waals surface area contributed by atoms with Gasteiger partial charge in [0.25, 0.3) is 0 Å². The van der Waals surface area contributed by atoms with Crippen molar-refractivity contribution in [2.75, 3.05) is 6.54 Å². The van der Waals surface area contributed by atoms with Crippen LogP contribution in [0, 0.1) is 0 Å². The number of aromatic amines is 1. The summed E-state index contributed by atoms with van der Waals surface area (Å²) < 4.78 is 0. The van der Waals surface area contributed by atoms with Crippen molar-refractivity contribution in [3.63, 3.8) is 0 Å². The van der Waals surface area contributed by atoms with Gasteiger partial charge in [0, 0.05) is 28.3 Å². The van der Waals surface area contributed by atoms with Crippen LogP contribution in [0.1, 0.15) is 11.1 Å². The average Bonchev–Trinajstić information content (AvgIpc) is 2.93. The molecule has 108 valence electrons. The van der Waals surface area contributed by atoms with E-state index in [-0.39, 0.29) is 0 Å². The van der Waals surface area contributed by atoms with Crippen LogP contribution in [0.2, 0.25) is 10.0 Å². The Bertz CT molecular complexity index is 749. The molecule has 0 radical (unpaired) electrons. The Kier molecular flexibility index (Phi) is 4.49. The minimum absolute atomic E-state index is 0.677. The lowest BCUT2D eigenvalue weighted by atomic mass is 10.1. The molecule has 0 amide bonds. The zero-order valence-corrected chi connectivity index (χ0v) is 13.0. The van der Waals surface area contributed by atoms with Crippen molar-refractivity contribution in [3.05, 3.63) is 69.8 Å². The number of rotatable bonds is 5. The lowest BCUT2D eigenvalue weighted by Crippen LogP contribution is -2.16. The molecule has 0 atom stereocenters. The van der Waals surface area contributed by atoms with Crippen LogP contribution in [-0.4, -0.2) is 11.5 Å². The van der Waals surface area contributed by atoms with Gasteiger partial charge in [-0.25, -0.2) is 0 Å². The first-order valence-corrected chi connectivity index (χ1v) is 7.68. The molecular formula is C17H16Cl2N2. The first-order valence-electron chi connectivity index (χ1n) is 6.93. The van der Waals surface area contributed by atoms with E-state index in [0.717, 1.165) is 30.1 Å². The molecule has 4 heteroatoms. The zero-order chi connectivity index (χ0) is 14.7. The second kappa shape index (κ2) is 6.52. The van der Waals surface area contributed by atoms with E-state index in [0.29, 0.717) is 5.02 Å². The number of aromatic nitrogens is 1. The lowest BCUT2D eigenvalue weighted by Gasteiger charge is -2.07. The van der Waals surface area contributed by atoms with Gasteiger partial charge in [0.15, 0.2) is 0 Å². The molecule has 0 aliphatic heterocycles. The molecule has 0 unspecified atom stereocenters. The molecule has 0 aliphatic rings. The fourth-order valence-corrected chi connectivity index (χ4v) is 2.89. The molecule has 0 saturated carbocycles. The topological polar surface area (TPSA) is 27.8 Å². The van der Waals surface area contributed by atoms with Gasteiger partial charge in [0.05, 0.1) is 0 Å². The fraction of sp³-hybridized carbons (Fsp3) is 0.176. The van der Waals surface area contributed by atoms with E-state index < -0.39 is 0 Å². The average molecular weight is 319 g/mol. The summed E-state index contributed by atoms with van der Waals surface area (Å²) >= 11 is 12.1. The van der Waals surface area contributed by atoms with E-state index in [4.69, 9.17) is 23.2 Å². The highest BCUT2D eigenvalue weighted by molar-refractivity contribution is 6.35. The van der Waals surface area contributed by atoms with Crippen LogP contribution in [0.3, 0.4) is 0 Å². The maximum absolute atomic E-state index is 6.16. The summed E-state index contributed by atoms with van der Waals surface area (Å²) in [6.45, 7) is 1.73. The zero-order valence-electron chi connectivity index (χ0n) is 11.5. The minimum atomic E-state index is 0.677. The van der Waals surface area contributed by atoms with E-state index >= 15 is 0 Å². The number of benzene rings is 2. The third kappa shape index (κ3) is 3.59. The highest BCUT2D eigenvalue weighted by atomic mass is 35.5. The van der Waals surface area contributed by atoms with Crippen molar-refractivity contribution >= 4 is 34.1 Å². The Labute approximate surface area is 134 Å². The molecule has 3 aromatic rings. The molecule has 0 bridgehead atoms. The quantitative estimate of drug-likeness (QED) is 0.649. The Morgan fingerprint density at radius 1 is 1.00 bits per heavy atom. The van der Waals surface area contributed by atoms with Gasteiger partial charge < -0.3 is 10.3 Å². The van der Waals surface area contributed by atoms with Crippen molar-refractivity contribution in [2.45, 2.75) is 13.0 Å². The van der Waals surface area contributed by atoms with Crippen molar-refractivity contribution in [1.82, 2.24) is 10.3 Å². The van der Waals surface area contributed by atoms with Crippen LogP contribution in [0.15, 0.2) is 48.7 Å². The second-order valence-electron chi connectivity index (χ2n) is 5.06.